The van der Waals surface area contributed by atoms with Gasteiger partial charge in [-0.15, -0.1) is 0 Å². The van der Waals surface area contributed by atoms with Gasteiger partial charge in [-0.2, -0.15) is 0 Å². The predicted octanol–water partition coefficient (Wildman–Crippen LogP) is 4.80. The molecule has 0 bridgehead atoms. The Balaban J connectivity index is 1.67. The summed E-state index contributed by atoms with van der Waals surface area (Å²) in [7, 11) is 0. The molecule has 2 aliphatic carbocycles. The summed E-state index contributed by atoms with van der Waals surface area (Å²) in [5, 5.41) is 4.36. The summed E-state index contributed by atoms with van der Waals surface area (Å²) in [5.41, 5.74) is 1.12. The Labute approximate surface area is 133 Å². The lowest BCUT2D eigenvalue weighted by Crippen LogP contribution is -2.29. The van der Waals surface area contributed by atoms with Crippen LogP contribution in [0.2, 0.25) is 5.02 Å². The summed E-state index contributed by atoms with van der Waals surface area (Å²) in [6.07, 6.45) is 6.50. The van der Waals surface area contributed by atoms with Crippen molar-refractivity contribution in [1.82, 2.24) is 5.32 Å². The molecule has 1 aromatic rings. The van der Waals surface area contributed by atoms with E-state index in [1.165, 1.54) is 19.3 Å². The number of halogens is 1. The van der Waals surface area contributed by atoms with Crippen molar-refractivity contribution in [3.63, 3.8) is 0 Å². The zero-order valence-electron chi connectivity index (χ0n) is 13.1. The fraction of sp³-hybridized carbons (Fsp3) is 0.667. The van der Waals surface area contributed by atoms with Crippen LogP contribution in [-0.2, 0) is 6.54 Å². The van der Waals surface area contributed by atoms with Crippen molar-refractivity contribution < 1.29 is 4.74 Å². The minimum absolute atomic E-state index is 0.342. The van der Waals surface area contributed by atoms with Gasteiger partial charge in [-0.25, -0.2) is 0 Å². The predicted molar refractivity (Wildman–Crippen MR) is 87.9 cm³/mol. The van der Waals surface area contributed by atoms with Gasteiger partial charge < -0.3 is 10.1 Å². The van der Waals surface area contributed by atoms with Crippen LogP contribution in [0, 0.1) is 11.8 Å². The molecule has 2 fully saturated rings. The highest BCUT2D eigenvalue weighted by Crippen LogP contribution is 2.34. The molecular weight excluding hydrogens is 282 g/mol. The summed E-state index contributed by atoms with van der Waals surface area (Å²) in [4.78, 5) is 0. The highest BCUT2D eigenvalue weighted by atomic mass is 35.5. The van der Waals surface area contributed by atoms with Crippen LogP contribution < -0.4 is 10.1 Å². The molecule has 0 radical (unpaired) electrons. The topological polar surface area (TPSA) is 21.3 Å². The smallest absolute Gasteiger partial charge is 0.125 e. The first-order valence-electron chi connectivity index (χ1n) is 8.31. The average molecular weight is 308 g/mol. The minimum Gasteiger partial charge on any atom is -0.490 e. The molecule has 2 aliphatic rings. The minimum atomic E-state index is 0.342. The Morgan fingerprint density at radius 2 is 1.95 bits per heavy atom. The molecule has 1 N–H and O–H groups in total. The zero-order valence-corrected chi connectivity index (χ0v) is 13.8. The average Bonchev–Trinajstić information content (AvgIpc) is 3.26. The second-order valence-corrected chi connectivity index (χ2v) is 7.29. The van der Waals surface area contributed by atoms with E-state index >= 15 is 0 Å². The quantitative estimate of drug-likeness (QED) is 0.844. The number of hydrogen-bond acceptors (Lipinski definition) is 2. The molecule has 0 amide bonds. The van der Waals surface area contributed by atoms with E-state index in [0.717, 1.165) is 47.6 Å². The Bertz CT molecular complexity index is 486. The van der Waals surface area contributed by atoms with Crippen molar-refractivity contribution in [3.8, 4) is 5.75 Å². The molecule has 0 saturated heterocycles. The summed E-state index contributed by atoms with van der Waals surface area (Å²) in [5.74, 6) is 2.54. The molecule has 2 saturated carbocycles. The van der Waals surface area contributed by atoms with E-state index in [2.05, 4.69) is 25.2 Å². The van der Waals surface area contributed by atoms with Gasteiger partial charge in [-0.3, -0.25) is 0 Å². The first kappa shape index (κ1) is 15.2. The monoisotopic (exact) mass is 307 g/mol. The van der Waals surface area contributed by atoms with E-state index in [4.69, 9.17) is 16.3 Å². The van der Waals surface area contributed by atoms with Crippen molar-refractivity contribution in [2.75, 3.05) is 0 Å². The van der Waals surface area contributed by atoms with Gasteiger partial charge >= 0.3 is 0 Å². The second-order valence-electron chi connectivity index (χ2n) is 6.88. The van der Waals surface area contributed by atoms with Crippen molar-refractivity contribution in [1.29, 1.82) is 0 Å². The number of benzene rings is 1. The molecule has 0 heterocycles. The number of ether oxygens (including phenoxy) is 1. The van der Waals surface area contributed by atoms with Gasteiger partial charge in [-0.1, -0.05) is 31.5 Å². The van der Waals surface area contributed by atoms with Gasteiger partial charge in [0.15, 0.2) is 0 Å². The highest BCUT2D eigenvalue weighted by molar-refractivity contribution is 6.31. The van der Waals surface area contributed by atoms with Crippen molar-refractivity contribution in [3.05, 3.63) is 28.8 Å². The largest absolute Gasteiger partial charge is 0.490 e. The standard InChI is InChI=1S/C18H26ClNO/c1-12-6-9-15(10-13(12)2)21-18-5-3-4-17(19)16(18)11-20-14-7-8-14/h3-5,12-15,20H,6-11H2,1-2H3. The van der Waals surface area contributed by atoms with Crippen molar-refractivity contribution >= 4 is 11.6 Å². The van der Waals surface area contributed by atoms with E-state index in [1.807, 2.05) is 12.1 Å². The van der Waals surface area contributed by atoms with Crippen LogP contribution in [-0.4, -0.2) is 12.1 Å². The first-order valence-corrected chi connectivity index (χ1v) is 8.68. The number of rotatable bonds is 5. The van der Waals surface area contributed by atoms with Crippen LogP contribution in [0.25, 0.3) is 0 Å². The van der Waals surface area contributed by atoms with Crippen molar-refractivity contribution in [2.45, 2.75) is 64.6 Å². The van der Waals surface area contributed by atoms with E-state index in [0.29, 0.717) is 12.1 Å². The molecule has 116 valence electrons. The summed E-state index contributed by atoms with van der Waals surface area (Å²) >= 11 is 6.38. The van der Waals surface area contributed by atoms with Gasteiger partial charge in [0.25, 0.3) is 0 Å². The molecule has 0 aromatic heterocycles. The lowest BCUT2D eigenvalue weighted by Gasteiger charge is -2.32. The van der Waals surface area contributed by atoms with Crippen LogP contribution in [0.1, 0.15) is 51.5 Å². The van der Waals surface area contributed by atoms with Crippen molar-refractivity contribution in [2.24, 2.45) is 11.8 Å². The number of hydrogen-bond donors (Lipinski definition) is 1. The van der Waals surface area contributed by atoms with E-state index in [1.54, 1.807) is 0 Å². The molecule has 3 unspecified atom stereocenters. The fourth-order valence-corrected chi connectivity index (χ4v) is 3.37. The van der Waals surface area contributed by atoms with Crippen LogP contribution >= 0.6 is 11.6 Å². The maximum atomic E-state index is 6.38. The van der Waals surface area contributed by atoms with E-state index in [9.17, 15) is 0 Å². The first-order chi connectivity index (χ1) is 10.1. The maximum absolute atomic E-state index is 6.38. The molecule has 0 spiro atoms. The van der Waals surface area contributed by atoms with Crippen LogP contribution in [0.3, 0.4) is 0 Å². The molecular formula is C18H26ClNO. The molecule has 1 aromatic carbocycles. The third kappa shape index (κ3) is 3.92. The van der Waals surface area contributed by atoms with Gasteiger partial charge in [0.05, 0.1) is 6.10 Å². The van der Waals surface area contributed by atoms with Crippen LogP contribution in [0.5, 0.6) is 5.75 Å². The second kappa shape index (κ2) is 6.58. The van der Waals surface area contributed by atoms with Gasteiger partial charge in [-0.05, 0) is 56.1 Å². The van der Waals surface area contributed by atoms with Crippen LogP contribution in [0.4, 0.5) is 0 Å². The van der Waals surface area contributed by atoms with Gasteiger partial charge in [0.2, 0.25) is 0 Å². The third-order valence-corrected chi connectivity index (χ3v) is 5.42. The molecule has 2 nitrogen and oxygen atoms in total. The molecule has 0 aliphatic heterocycles. The lowest BCUT2D eigenvalue weighted by molar-refractivity contribution is 0.0996. The zero-order chi connectivity index (χ0) is 14.8. The Kier molecular flexibility index (Phi) is 4.75. The third-order valence-electron chi connectivity index (χ3n) is 5.06. The van der Waals surface area contributed by atoms with Gasteiger partial charge in [0, 0.05) is 23.2 Å². The fourth-order valence-electron chi connectivity index (χ4n) is 3.14. The SMILES string of the molecule is CC1CCC(Oc2cccc(Cl)c2CNC2CC2)CC1C. The number of nitrogens with one attached hydrogen (secondary N) is 1. The summed E-state index contributed by atoms with van der Waals surface area (Å²) in [6.45, 7) is 5.51. The lowest BCUT2D eigenvalue weighted by atomic mass is 9.80. The molecule has 3 rings (SSSR count). The van der Waals surface area contributed by atoms with E-state index < -0.39 is 0 Å². The van der Waals surface area contributed by atoms with Gasteiger partial charge in [0.1, 0.15) is 5.75 Å². The normalized spacial score (nSPS) is 29.4. The molecule has 3 atom stereocenters. The highest BCUT2D eigenvalue weighted by Gasteiger charge is 2.27. The Hall–Kier alpha value is -0.730. The Morgan fingerprint density at radius 3 is 2.67 bits per heavy atom. The Morgan fingerprint density at radius 1 is 1.14 bits per heavy atom. The molecule has 21 heavy (non-hydrogen) atoms. The van der Waals surface area contributed by atoms with Crippen LogP contribution in [0.15, 0.2) is 18.2 Å². The van der Waals surface area contributed by atoms with E-state index in [-0.39, 0.29) is 0 Å². The summed E-state index contributed by atoms with van der Waals surface area (Å²) < 4.78 is 6.31. The maximum Gasteiger partial charge on any atom is 0.125 e. The molecule has 3 heteroatoms. The summed E-state index contributed by atoms with van der Waals surface area (Å²) in [6, 6.07) is 6.71.